The molecule has 0 amide bonds. The number of hydrogen-bond acceptors (Lipinski definition) is 3. The van der Waals surface area contributed by atoms with E-state index in [0.29, 0.717) is 6.04 Å². The molecule has 0 aliphatic carbocycles. The largest absolute Gasteiger partial charge is 0.391 e. The van der Waals surface area contributed by atoms with Gasteiger partial charge in [0.25, 0.3) is 0 Å². The van der Waals surface area contributed by atoms with Crippen molar-refractivity contribution in [3.05, 3.63) is 17.7 Å². The Balaban J connectivity index is 1.71. The number of fused-ring (bicyclic) bond motifs is 1. The summed E-state index contributed by atoms with van der Waals surface area (Å²) in [6, 6.07) is 0.613. The third-order valence-corrected chi connectivity index (χ3v) is 3.64. The fourth-order valence-electron chi connectivity index (χ4n) is 2.77. The first-order valence-electron chi connectivity index (χ1n) is 6.27. The average molecular weight is 221 g/mol. The van der Waals surface area contributed by atoms with E-state index in [4.69, 9.17) is 0 Å². The summed E-state index contributed by atoms with van der Waals surface area (Å²) in [5, 5.41) is 13.1. The van der Waals surface area contributed by atoms with Crippen molar-refractivity contribution in [1.82, 2.24) is 14.9 Å². The van der Waals surface area contributed by atoms with Crippen molar-refractivity contribution in [3.63, 3.8) is 0 Å². The molecule has 2 N–H and O–H groups in total. The molecule has 1 aromatic heterocycles. The number of aliphatic hydroxyl groups is 1. The fraction of sp³-hybridized carbons (Fsp3) is 0.750. The summed E-state index contributed by atoms with van der Waals surface area (Å²) >= 11 is 0. The Morgan fingerprint density at radius 3 is 3.25 bits per heavy atom. The van der Waals surface area contributed by atoms with Gasteiger partial charge in [-0.05, 0) is 25.8 Å². The first-order valence-corrected chi connectivity index (χ1v) is 6.27. The molecule has 88 valence electrons. The van der Waals surface area contributed by atoms with E-state index < -0.39 is 0 Å². The Bertz CT molecular complexity index is 368. The maximum atomic E-state index is 9.59. The van der Waals surface area contributed by atoms with Crippen LogP contribution >= 0.6 is 0 Å². The lowest BCUT2D eigenvalue weighted by molar-refractivity contribution is 0.130. The standard InChI is InChI=1S/C12H19N3O/c16-11-3-4-12-14-10(7-15(12)8-11)6-9-2-1-5-13-9/h7,9,11,13,16H,1-6,8H2. The Hall–Kier alpha value is -0.870. The number of rotatable bonds is 2. The summed E-state index contributed by atoms with van der Waals surface area (Å²) in [4.78, 5) is 4.66. The van der Waals surface area contributed by atoms with Crippen LogP contribution in [0.25, 0.3) is 0 Å². The fourth-order valence-corrected chi connectivity index (χ4v) is 2.77. The van der Waals surface area contributed by atoms with Crippen molar-refractivity contribution >= 4 is 0 Å². The Morgan fingerprint density at radius 2 is 2.44 bits per heavy atom. The monoisotopic (exact) mass is 221 g/mol. The van der Waals surface area contributed by atoms with Crippen LogP contribution in [0.3, 0.4) is 0 Å². The van der Waals surface area contributed by atoms with Crippen LogP contribution in [0.5, 0.6) is 0 Å². The van der Waals surface area contributed by atoms with Gasteiger partial charge in [-0.25, -0.2) is 4.98 Å². The highest BCUT2D eigenvalue weighted by molar-refractivity contribution is 5.09. The molecular weight excluding hydrogens is 202 g/mol. The number of hydrogen-bond donors (Lipinski definition) is 2. The predicted octanol–water partition coefficient (Wildman–Crippen LogP) is 0.485. The van der Waals surface area contributed by atoms with Gasteiger partial charge in [-0.1, -0.05) is 0 Å². The molecule has 3 heterocycles. The van der Waals surface area contributed by atoms with Crippen LogP contribution in [0, 0.1) is 0 Å². The summed E-state index contributed by atoms with van der Waals surface area (Å²) in [6.07, 6.45) is 7.31. The molecule has 4 nitrogen and oxygen atoms in total. The second-order valence-corrected chi connectivity index (χ2v) is 4.99. The highest BCUT2D eigenvalue weighted by Gasteiger charge is 2.20. The molecule has 0 bridgehead atoms. The van der Waals surface area contributed by atoms with E-state index >= 15 is 0 Å². The van der Waals surface area contributed by atoms with Crippen LogP contribution in [0.1, 0.15) is 30.8 Å². The Labute approximate surface area is 95.7 Å². The van der Waals surface area contributed by atoms with Crippen molar-refractivity contribution in [2.24, 2.45) is 0 Å². The van der Waals surface area contributed by atoms with Gasteiger partial charge in [0.1, 0.15) is 5.82 Å². The zero-order valence-electron chi connectivity index (χ0n) is 9.52. The minimum atomic E-state index is -0.181. The molecule has 2 aliphatic heterocycles. The van der Waals surface area contributed by atoms with Gasteiger partial charge in [0.15, 0.2) is 0 Å². The maximum Gasteiger partial charge on any atom is 0.109 e. The Kier molecular flexibility index (Phi) is 2.69. The summed E-state index contributed by atoms with van der Waals surface area (Å²) in [6.45, 7) is 1.87. The number of aryl methyl sites for hydroxylation is 1. The van der Waals surface area contributed by atoms with Gasteiger partial charge in [-0.2, -0.15) is 0 Å². The van der Waals surface area contributed by atoms with E-state index in [1.807, 2.05) is 0 Å². The normalized spacial score (nSPS) is 29.3. The minimum absolute atomic E-state index is 0.181. The quantitative estimate of drug-likeness (QED) is 0.764. The van der Waals surface area contributed by atoms with E-state index in [2.05, 4.69) is 21.1 Å². The molecule has 1 saturated heterocycles. The van der Waals surface area contributed by atoms with Gasteiger partial charge in [0.05, 0.1) is 11.8 Å². The smallest absolute Gasteiger partial charge is 0.109 e. The van der Waals surface area contributed by atoms with Gasteiger partial charge in [0, 0.05) is 31.6 Å². The van der Waals surface area contributed by atoms with E-state index in [-0.39, 0.29) is 6.10 Å². The van der Waals surface area contributed by atoms with Crippen LogP contribution in [-0.2, 0) is 19.4 Å². The van der Waals surface area contributed by atoms with Crippen molar-refractivity contribution in [2.75, 3.05) is 6.54 Å². The minimum Gasteiger partial charge on any atom is -0.391 e. The number of nitrogens with one attached hydrogen (secondary N) is 1. The maximum absolute atomic E-state index is 9.59. The molecule has 2 unspecified atom stereocenters. The molecule has 0 aromatic carbocycles. The summed E-state index contributed by atoms with van der Waals surface area (Å²) in [7, 11) is 0. The molecule has 1 fully saturated rings. The molecule has 0 spiro atoms. The lowest BCUT2D eigenvalue weighted by Crippen LogP contribution is -2.23. The zero-order valence-corrected chi connectivity index (χ0v) is 9.52. The number of aromatic nitrogens is 2. The van der Waals surface area contributed by atoms with Crippen LogP contribution < -0.4 is 5.32 Å². The lowest BCUT2D eigenvalue weighted by Gasteiger charge is -2.18. The van der Waals surface area contributed by atoms with Gasteiger partial charge in [-0.15, -0.1) is 0 Å². The van der Waals surface area contributed by atoms with E-state index in [0.717, 1.165) is 38.2 Å². The molecule has 0 radical (unpaired) electrons. The number of aliphatic hydroxyl groups excluding tert-OH is 1. The van der Waals surface area contributed by atoms with Crippen LogP contribution in [0.4, 0.5) is 0 Å². The predicted molar refractivity (Wildman–Crippen MR) is 61.3 cm³/mol. The highest BCUT2D eigenvalue weighted by Crippen LogP contribution is 2.17. The van der Waals surface area contributed by atoms with Gasteiger partial charge in [-0.3, -0.25) is 0 Å². The second kappa shape index (κ2) is 4.18. The summed E-state index contributed by atoms with van der Waals surface area (Å²) in [5.74, 6) is 1.15. The highest BCUT2D eigenvalue weighted by atomic mass is 16.3. The lowest BCUT2D eigenvalue weighted by atomic mass is 10.1. The van der Waals surface area contributed by atoms with Crippen molar-refractivity contribution in [1.29, 1.82) is 0 Å². The zero-order chi connectivity index (χ0) is 11.0. The van der Waals surface area contributed by atoms with E-state index in [1.54, 1.807) is 0 Å². The van der Waals surface area contributed by atoms with Crippen LogP contribution in [0.15, 0.2) is 6.20 Å². The van der Waals surface area contributed by atoms with E-state index in [9.17, 15) is 5.11 Å². The molecule has 4 heteroatoms. The average Bonchev–Trinajstić information content (AvgIpc) is 2.86. The van der Waals surface area contributed by atoms with Gasteiger partial charge < -0.3 is 15.0 Å². The first kappa shape index (κ1) is 10.3. The van der Waals surface area contributed by atoms with Crippen LogP contribution in [-0.4, -0.2) is 33.3 Å². The molecule has 0 saturated carbocycles. The summed E-state index contributed by atoms with van der Waals surface area (Å²) in [5.41, 5.74) is 1.18. The van der Waals surface area contributed by atoms with Crippen molar-refractivity contribution < 1.29 is 5.11 Å². The molecule has 1 aromatic rings. The van der Waals surface area contributed by atoms with Crippen LogP contribution in [0.2, 0.25) is 0 Å². The van der Waals surface area contributed by atoms with Gasteiger partial charge in [0.2, 0.25) is 0 Å². The molecule has 2 aliphatic rings. The van der Waals surface area contributed by atoms with Gasteiger partial charge >= 0.3 is 0 Å². The topological polar surface area (TPSA) is 50.1 Å². The van der Waals surface area contributed by atoms with Crippen molar-refractivity contribution in [3.8, 4) is 0 Å². The summed E-state index contributed by atoms with van der Waals surface area (Å²) < 4.78 is 2.12. The number of nitrogens with zero attached hydrogens (tertiary/aromatic N) is 2. The molecule has 16 heavy (non-hydrogen) atoms. The third kappa shape index (κ3) is 1.99. The number of imidazole rings is 1. The molecular formula is C12H19N3O. The van der Waals surface area contributed by atoms with Crippen molar-refractivity contribution in [2.45, 2.75) is 50.8 Å². The first-order chi connectivity index (χ1) is 7.81. The molecule has 2 atom stereocenters. The third-order valence-electron chi connectivity index (χ3n) is 3.64. The molecule has 3 rings (SSSR count). The van der Waals surface area contributed by atoms with E-state index in [1.165, 1.54) is 18.5 Å². The Morgan fingerprint density at radius 1 is 1.50 bits per heavy atom. The second-order valence-electron chi connectivity index (χ2n) is 4.99. The SMILES string of the molecule is OC1CCc2nc(CC3CCCN3)cn2C1.